The first kappa shape index (κ1) is 10.9. The first-order valence-corrected chi connectivity index (χ1v) is 5.08. The molecule has 0 saturated carbocycles. The molecular formula is C6H6NO6P-2. The molecule has 0 amide bonds. The molecule has 0 fully saturated rings. The smallest absolute Gasteiger partial charge is 0.165 e. The van der Waals surface area contributed by atoms with Crippen molar-refractivity contribution in [1.82, 2.24) is 4.98 Å². The van der Waals surface area contributed by atoms with Crippen molar-refractivity contribution < 1.29 is 29.4 Å². The average molecular weight is 219 g/mol. The Bertz CT molecular complexity index is 393. The molecule has 0 aliphatic rings. The van der Waals surface area contributed by atoms with Crippen LogP contribution in [0.3, 0.4) is 0 Å². The highest BCUT2D eigenvalue weighted by Crippen LogP contribution is 2.45. The van der Waals surface area contributed by atoms with Crippen LogP contribution in [0.15, 0.2) is 12.3 Å². The van der Waals surface area contributed by atoms with Crippen molar-refractivity contribution in [2.45, 2.75) is 5.85 Å². The molecule has 0 saturated heterocycles. The lowest BCUT2D eigenvalue weighted by Gasteiger charge is -2.21. The Morgan fingerprint density at radius 1 is 1.64 bits per heavy atom. The van der Waals surface area contributed by atoms with Crippen molar-refractivity contribution in [3.8, 4) is 0 Å². The van der Waals surface area contributed by atoms with Gasteiger partial charge in [-0.1, -0.05) is 0 Å². The predicted molar refractivity (Wildman–Crippen MR) is 39.9 cm³/mol. The van der Waals surface area contributed by atoms with E-state index in [1.807, 2.05) is 0 Å². The molecule has 0 radical (unpaired) electrons. The summed E-state index contributed by atoms with van der Waals surface area (Å²) in [6.45, 7) is 0. The summed E-state index contributed by atoms with van der Waals surface area (Å²) in [5.74, 6) is -3.67. The van der Waals surface area contributed by atoms with E-state index in [0.717, 1.165) is 12.3 Å². The summed E-state index contributed by atoms with van der Waals surface area (Å²) in [4.78, 5) is 31.3. The predicted octanol–water partition coefficient (Wildman–Crippen LogP) is -2.09. The zero-order valence-corrected chi connectivity index (χ0v) is 7.60. The van der Waals surface area contributed by atoms with Crippen LogP contribution in [0.25, 0.3) is 0 Å². The maximum atomic E-state index is 10.5. The summed E-state index contributed by atoms with van der Waals surface area (Å²) >= 11 is 0. The number of carboxylic acids is 1. The third-order valence-corrected chi connectivity index (χ3v) is 2.45. The van der Waals surface area contributed by atoms with Gasteiger partial charge in [0.1, 0.15) is 5.85 Å². The molecule has 1 aromatic rings. The maximum Gasteiger partial charge on any atom is 0.165 e. The van der Waals surface area contributed by atoms with E-state index in [2.05, 4.69) is 4.98 Å². The van der Waals surface area contributed by atoms with E-state index in [0.29, 0.717) is 0 Å². The SMILES string of the molecule is O=C([O-])c1cc(C(O)P(=O)([O-])O)c[nH]1. The number of aliphatic hydroxyl groups is 1. The number of H-pyrrole nitrogens is 1. The van der Waals surface area contributed by atoms with Gasteiger partial charge in [-0.25, -0.2) is 0 Å². The van der Waals surface area contributed by atoms with E-state index in [1.54, 1.807) is 0 Å². The molecular weight excluding hydrogens is 213 g/mol. The second-order valence-electron chi connectivity index (χ2n) is 2.57. The van der Waals surface area contributed by atoms with Crippen molar-refractivity contribution in [2.24, 2.45) is 0 Å². The summed E-state index contributed by atoms with van der Waals surface area (Å²) in [6, 6.07) is 0.862. The van der Waals surface area contributed by atoms with Crippen LogP contribution >= 0.6 is 7.60 Å². The minimum absolute atomic E-state index is 0.259. The van der Waals surface area contributed by atoms with Gasteiger partial charge in [0.25, 0.3) is 0 Å². The third-order valence-electron chi connectivity index (χ3n) is 1.53. The fourth-order valence-corrected chi connectivity index (χ4v) is 1.39. The number of aromatic carboxylic acids is 1. The van der Waals surface area contributed by atoms with Crippen molar-refractivity contribution in [3.05, 3.63) is 23.5 Å². The second-order valence-corrected chi connectivity index (χ2v) is 4.19. The monoisotopic (exact) mass is 219 g/mol. The summed E-state index contributed by atoms with van der Waals surface area (Å²) in [5.41, 5.74) is -0.641. The number of aromatic nitrogens is 1. The van der Waals surface area contributed by atoms with Gasteiger partial charge >= 0.3 is 0 Å². The number of carbonyl (C=O) groups excluding carboxylic acids is 1. The highest BCUT2D eigenvalue weighted by molar-refractivity contribution is 7.50. The van der Waals surface area contributed by atoms with Gasteiger partial charge < -0.3 is 34.3 Å². The first-order chi connectivity index (χ1) is 6.32. The topological polar surface area (TPSA) is 137 Å². The Hall–Kier alpha value is -1.14. The summed E-state index contributed by atoms with van der Waals surface area (Å²) in [5, 5.41) is 19.2. The molecule has 1 heterocycles. The zero-order valence-electron chi connectivity index (χ0n) is 6.71. The number of carbonyl (C=O) groups is 1. The number of hydrogen-bond donors (Lipinski definition) is 3. The first-order valence-electron chi connectivity index (χ1n) is 3.43. The van der Waals surface area contributed by atoms with Crippen LogP contribution in [0.2, 0.25) is 0 Å². The molecule has 0 spiro atoms. The minimum atomic E-state index is -4.92. The molecule has 1 rings (SSSR count). The largest absolute Gasteiger partial charge is 0.777 e. The minimum Gasteiger partial charge on any atom is -0.777 e. The second kappa shape index (κ2) is 3.55. The lowest BCUT2D eigenvalue weighted by Crippen LogP contribution is -2.22. The maximum absolute atomic E-state index is 10.5. The highest BCUT2D eigenvalue weighted by atomic mass is 31.2. The van der Waals surface area contributed by atoms with Gasteiger partial charge in [-0.2, -0.15) is 0 Å². The number of aliphatic hydroxyl groups excluding tert-OH is 1. The summed E-state index contributed by atoms with van der Waals surface area (Å²) in [6.07, 6.45) is 0.955. The van der Waals surface area contributed by atoms with E-state index >= 15 is 0 Å². The van der Waals surface area contributed by atoms with Crippen LogP contribution in [0.5, 0.6) is 0 Å². The van der Waals surface area contributed by atoms with Gasteiger partial charge in [-0.15, -0.1) is 0 Å². The molecule has 8 heteroatoms. The average Bonchev–Trinajstić information content (AvgIpc) is 2.48. The fraction of sp³-hybridized carbons (Fsp3) is 0.167. The van der Waals surface area contributed by atoms with Crippen LogP contribution in [-0.2, 0) is 4.57 Å². The Morgan fingerprint density at radius 2 is 2.21 bits per heavy atom. The van der Waals surface area contributed by atoms with Crippen LogP contribution in [0.1, 0.15) is 21.9 Å². The van der Waals surface area contributed by atoms with Crippen LogP contribution in [-0.4, -0.2) is 21.0 Å². The van der Waals surface area contributed by atoms with Gasteiger partial charge in [0.15, 0.2) is 7.60 Å². The molecule has 1 aromatic heterocycles. The van der Waals surface area contributed by atoms with E-state index < -0.39 is 19.4 Å². The van der Waals surface area contributed by atoms with Crippen molar-refractivity contribution in [1.29, 1.82) is 0 Å². The van der Waals surface area contributed by atoms with Gasteiger partial charge in [0.05, 0.1) is 11.7 Å². The number of rotatable bonds is 3. The zero-order chi connectivity index (χ0) is 10.9. The van der Waals surface area contributed by atoms with E-state index in [4.69, 9.17) is 10.00 Å². The normalized spacial score (nSPS) is 17.4. The Balaban J connectivity index is 2.98. The number of aromatic amines is 1. The van der Waals surface area contributed by atoms with Gasteiger partial charge in [-0.05, 0) is 6.07 Å². The van der Waals surface area contributed by atoms with Crippen LogP contribution < -0.4 is 10.00 Å². The van der Waals surface area contributed by atoms with Gasteiger partial charge in [-0.3, -0.25) is 0 Å². The molecule has 0 aliphatic carbocycles. The standard InChI is InChI=1S/C6H8NO6P/c8-5(9)4-1-3(2-7-4)6(10)14(11,12)13/h1-2,6-7,10H,(H,8,9)(H2,11,12,13)/p-2. The molecule has 3 N–H and O–H groups in total. The summed E-state index contributed by atoms with van der Waals surface area (Å²) < 4.78 is 10.5. The summed E-state index contributed by atoms with van der Waals surface area (Å²) in [7, 11) is -4.92. The molecule has 2 unspecified atom stereocenters. The van der Waals surface area contributed by atoms with E-state index in [1.165, 1.54) is 0 Å². The Kier molecular flexibility index (Phi) is 2.77. The molecule has 14 heavy (non-hydrogen) atoms. The molecule has 0 aromatic carbocycles. The Labute approximate surface area is 78.2 Å². The number of hydrogen-bond acceptors (Lipinski definition) is 5. The number of nitrogens with one attached hydrogen (secondary N) is 1. The highest BCUT2D eigenvalue weighted by Gasteiger charge is 2.20. The molecule has 7 nitrogen and oxygen atoms in total. The molecule has 0 bridgehead atoms. The Morgan fingerprint density at radius 3 is 2.57 bits per heavy atom. The molecule has 0 aliphatic heterocycles. The van der Waals surface area contributed by atoms with Crippen LogP contribution in [0.4, 0.5) is 0 Å². The quantitative estimate of drug-likeness (QED) is 0.498. The van der Waals surface area contributed by atoms with Crippen LogP contribution in [0, 0.1) is 0 Å². The fourth-order valence-electron chi connectivity index (χ4n) is 0.866. The number of carboxylic acid groups (broad SMARTS) is 1. The van der Waals surface area contributed by atoms with Crippen molar-refractivity contribution >= 4 is 13.6 Å². The third kappa shape index (κ3) is 2.21. The van der Waals surface area contributed by atoms with E-state index in [-0.39, 0.29) is 11.3 Å². The molecule has 2 atom stereocenters. The lowest BCUT2D eigenvalue weighted by molar-refractivity contribution is -0.255. The van der Waals surface area contributed by atoms with Crippen molar-refractivity contribution in [3.63, 3.8) is 0 Å². The molecule has 78 valence electrons. The van der Waals surface area contributed by atoms with E-state index in [9.17, 15) is 19.4 Å². The van der Waals surface area contributed by atoms with Gasteiger partial charge in [0.2, 0.25) is 0 Å². The van der Waals surface area contributed by atoms with Crippen molar-refractivity contribution in [2.75, 3.05) is 0 Å². The lowest BCUT2D eigenvalue weighted by atomic mass is 10.3. The van der Waals surface area contributed by atoms with Gasteiger partial charge in [0, 0.05) is 11.8 Å².